The molecule has 6 amide bonds. The van der Waals surface area contributed by atoms with E-state index in [1.54, 1.807) is 48.2 Å². The van der Waals surface area contributed by atoms with Crippen molar-refractivity contribution >= 4 is 79.6 Å². The second kappa shape index (κ2) is 21.5. The number of carboxylic acids is 1. The van der Waals surface area contributed by atoms with E-state index in [9.17, 15) is 38.7 Å². The zero-order valence-electron chi connectivity index (χ0n) is 42.9. The summed E-state index contributed by atoms with van der Waals surface area (Å²) in [5, 5.41) is 16.0. The van der Waals surface area contributed by atoms with Crippen LogP contribution in [-0.2, 0) is 27.3 Å². The molecular formula is C57H54F3N9O9S. The van der Waals surface area contributed by atoms with E-state index in [2.05, 4.69) is 20.6 Å². The summed E-state index contributed by atoms with van der Waals surface area (Å²) >= 11 is 1.39. The van der Waals surface area contributed by atoms with Crippen LogP contribution in [0, 0.1) is 18.7 Å². The number of amides is 6. The number of alkyl halides is 2. The number of anilines is 3. The number of piperazine rings is 1. The van der Waals surface area contributed by atoms with Crippen molar-refractivity contribution in [3.8, 4) is 16.9 Å². The summed E-state index contributed by atoms with van der Waals surface area (Å²) in [6, 6.07) is 23.1. The highest BCUT2D eigenvalue weighted by Gasteiger charge is 2.47. The number of imide groups is 2. The maximum atomic E-state index is 15.7. The Labute approximate surface area is 455 Å². The van der Waals surface area contributed by atoms with Crippen LogP contribution in [0.1, 0.15) is 90.4 Å². The number of likely N-dealkylation sites (tertiary alicyclic amines) is 1. The van der Waals surface area contributed by atoms with E-state index in [0.29, 0.717) is 64.9 Å². The molecule has 3 fully saturated rings. The van der Waals surface area contributed by atoms with Crippen molar-refractivity contribution in [3.05, 3.63) is 130 Å². The first kappa shape index (κ1) is 52.8. The molecule has 3 saturated heterocycles. The third-order valence-electron chi connectivity index (χ3n) is 15.6. The maximum absolute atomic E-state index is 15.7. The predicted molar refractivity (Wildman–Crippen MR) is 286 cm³/mol. The number of aromatic nitrogens is 2. The van der Waals surface area contributed by atoms with Gasteiger partial charge in [-0.3, -0.25) is 49.2 Å². The van der Waals surface area contributed by atoms with E-state index < -0.39 is 59.8 Å². The lowest BCUT2D eigenvalue weighted by molar-refractivity contribution is -0.140. The predicted octanol–water partition coefficient (Wildman–Crippen LogP) is 7.19. The number of aromatic carboxylic acids is 1. The summed E-state index contributed by atoms with van der Waals surface area (Å²) in [5.74, 6) is -8.60. The number of pyridine rings is 1. The first-order valence-electron chi connectivity index (χ1n) is 26.2. The van der Waals surface area contributed by atoms with E-state index in [-0.39, 0.29) is 106 Å². The first-order chi connectivity index (χ1) is 38.0. The average Bonchev–Trinajstić information content (AvgIpc) is 4.19. The smallest absolute Gasteiger partial charge is 0.355 e. The molecule has 79 heavy (non-hydrogen) atoms. The Balaban J connectivity index is 0.658. The van der Waals surface area contributed by atoms with Crippen molar-refractivity contribution in [1.29, 1.82) is 0 Å². The van der Waals surface area contributed by atoms with Crippen molar-refractivity contribution < 1.29 is 56.6 Å². The second-order valence-corrected chi connectivity index (χ2v) is 21.5. The Bertz CT molecular complexity index is 3460. The first-order valence-corrected chi connectivity index (χ1v) is 27.0. The number of nitrogens with zero attached hydrogens (tertiary/aromatic N) is 7. The Hall–Kier alpha value is -8.24. The van der Waals surface area contributed by atoms with Crippen LogP contribution in [0.25, 0.3) is 21.3 Å². The minimum atomic E-state index is -3.08. The third-order valence-corrected chi connectivity index (χ3v) is 16.6. The number of hydrogen-bond acceptors (Lipinski definition) is 14. The molecule has 0 saturated carbocycles. The number of piperidine rings is 2. The average molecular weight is 1100 g/mol. The molecule has 5 aliphatic heterocycles. The van der Waals surface area contributed by atoms with Gasteiger partial charge in [-0.2, -0.15) is 0 Å². The lowest BCUT2D eigenvalue weighted by Crippen LogP contribution is -2.54. The van der Waals surface area contributed by atoms with Gasteiger partial charge in [-0.05, 0) is 116 Å². The number of carbonyl (C=O) groups excluding carboxylic acids is 6. The summed E-state index contributed by atoms with van der Waals surface area (Å²) in [5.41, 5.74) is 4.40. The van der Waals surface area contributed by atoms with Crippen molar-refractivity contribution in [2.24, 2.45) is 5.92 Å². The number of fused-ring (bicyclic) bond motifs is 3. The van der Waals surface area contributed by atoms with Gasteiger partial charge >= 0.3 is 5.97 Å². The third kappa shape index (κ3) is 10.5. The SMILES string of the molecule is Cc1c(OCCCC2CCN(CC(=O)N3CCN(c4cc5c(cc4F)C(=O)N(C4CCC(=O)NC4=O)C5=O)CC3)CC2(F)F)cccc1-c1ccc(N2CCc3cccc(C(=O)Nc4nc5ccccc5s4)c3C2)nc1C(=O)O. The largest absolute Gasteiger partial charge is 0.493 e. The molecule has 0 radical (unpaired) electrons. The minimum Gasteiger partial charge on any atom is -0.493 e. The molecule has 2 aromatic heterocycles. The van der Waals surface area contributed by atoms with Gasteiger partial charge in [-0.25, -0.2) is 27.9 Å². The molecule has 2 unspecified atom stereocenters. The van der Waals surface area contributed by atoms with E-state index in [1.807, 2.05) is 41.3 Å². The zero-order valence-corrected chi connectivity index (χ0v) is 43.8. The quantitative estimate of drug-likeness (QED) is 0.0728. The highest BCUT2D eigenvalue weighted by molar-refractivity contribution is 7.22. The number of para-hydroxylation sites is 1. The topological polar surface area (TPSA) is 215 Å². The molecule has 22 heteroatoms. The summed E-state index contributed by atoms with van der Waals surface area (Å²) in [6.07, 6.45) is 1.18. The molecular weight excluding hydrogens is 1040 g/mol. The summed E-state index contributed by atoms with van der Waals surface area (Å²) in [4.78, 5) is 107. The van der Waals surface area contributed by atoms with Crippen LogP contribution in [0.4, 0.5) is 29.8 Å². The fraction of sp³-hybridized carbons (Fsp3) is 0.351. The number of nitrogens with one attached hydrogen (secondary N) is 2. The monoisotopic (exact) mass is 1100 g/mol. The van der Waals surface area contributed by atoms with Crippen LogP contribution >= 0.6 is 11.3 Å². The normalized spacial score (nSPS) is 19.3. The molecule has 2 atom stereocenters. The maximum Gasteiger partial charge on any atom is 0.355 e. The molecule has 6 aromatic rings. The number of carboxylic acid groups (broad SMARTS) is 1. The number of carbonyl (C=O) groups is 7. The van der Waals surface area contributed by atoms with Crippen molar-refractivity contribution in [3.63, 3.8) is 0 Å². The van der Waals surface area contributed by atoms with Crippen molar-refractivity contribution in [2.45, 2.75) is 64.0 Å². The number of ether oxygens (including phenoxy) is 1. The van der Waals surface area contributed by atoms with E-state index in [0.717, 1.165) is 32.3 Å². The molecule has 0 aliphatic carbocycles. The van der Waals surface area contributed by atoms with E-state index in [1.165, 1.54) is 27.2 Å². The fourth-order valence-corrected chi connectivity index (χ4v) is 12.3. The molecule has 5 aliphatic rings. The van der Waals surface area contributed by atoms with E-state index in [4.69, 9.17) is 4.74 Å². The number of benzene rings is 4. The van der Waals surface area contributed by atoms with Gasteiger partial charge in [0.1, 0.15) is 23.4 Å². The Morgan fingerprint density at radius 2 is 1.61 bits per heavy atom. The van der Waals surface area contributed by atoms with Gasteiger partial charge < -0.3 is 24.5 Å². The molecule has 11 rings (SSSR count). The number of rotatable bonds is 14. The van der Waals surface area contributed by atoms with Crippen LogP contribution in [0.15, 0.2) is 84.9 Å². The van der Waals surface area contributed by atoms with Gasteiger partial charge in [0.25, 0.3) is 23.6 Å². The highest BCUT2D eigenvalue weighted by Crippen LogP contribution is 2.39. The van der Waals surface area contributed by atoms with Gasteiger partial charge in [0.15, 0.2) is 10.8 Å². The Morgan fingerprint density at radius 3 is 2.37 bits per heavy atom. The molecule has 7 heterocycles. The summed E-state index contributed by atoms with van der Waals surface area (Å²) in [6.45, 7) is 2.96. The van der Waals surface area contributed by atoms with Gasteiger partial charge in [0, 0.05) is 62.7 Å². The lowest BCUT2D eigenvalue weighted by Gasteiger charge is -2.40. The van der Waals surface area contributed by atoms with Gasteiger partial charge in [-0.15, -0.1) is 0 Å². The molecule has 4 aromatic carbocycles. The molecule has 3 N–H and O–H groups in total. The standard InChI is InChI=1S/C57H54F3N9O9S/c1-32-35(36-14-16-47(62-50(36)55(76)77)68-21-18-33-7-4-10-37(40(33)29-68)51(72)64-56-61-42-11-2-3-13-46(42)79-56)9-5-12-45(32)78-26-6-8-34-19-20-65(31-57(34,59)60)30-49(71)67-24-22-66(23-25-67)44-28-39-38(27-41(44)58)53(74)69(54(39)75)43-15-17-48(70)63-52(43)73/h2-5,7,9-14,16,27-28,34,43H,6,8,15,17-26,29-31H2,1H3,(H,76,77)(H,61,64,72)(H,63,70,73). The Kier molecular flexibility index (Phi) is 14.4. The molecule has 0 spiro atoms. The van der Waals surface area contributed by atoms with E-state index >= 15 is 13.2 Å². The van der Waals surface area contributed by atoms with Crippen LogP contribution < -0.4 is 25.2 Å². The van der Waals surface area contributed by atoms with Gasteiger partial charge in [0.2, 0.25) is 17.7 Å². The second-order valence-electron chi connectivity index (χ2n) is 20.5. The molecule has 408 valence electrons. The minimum absolute atomic E-state index is 0.0404. The number of thiazole rings is 1. The highest BCUT2D eigenvalue weighted by atomic mass is 32.1. The number of hydrogen-bond donors (Lipinski definition) is 3. The molecule has 18 nitrogen and oxygen atoms in total. The van der Waals surface area contributed by atoms with Gasteiger partial charge in [0.05, 0.1) is 46.7 Å². The van der Waals surface area contributed by atoms with Gasteiger partial charge in [-0.1, -0.05) is 47.7 Å². The van der Waals surface area contributed by atoms with Crippen LogP contribution in [-0.4, -0.2) is 142 Å². The van der Waals surface area contributed by atoms with Crippen molar-refractivity contribution in [1.82, 2.24) is 30.0 Å². The summed E-state index contributed by atoms with van der Waals surface area (Å²) < 4.78 is 54.1. The molecule has 0 bridgehead atoms. The van der Waals surface area contributed by atoms with Crippen molar-refractivity contribution in [2.75, 3.05) is 74.1 Å². The zero-order chi connectivity index (χ0) is 55.3. The van der Waals surface area contributed by atoms with Crippen LogP contribution in [0.5, 0.6) is 5.75 Å². The fourth-order valence-electron chi connectivity index (χ4n) is 11.4. The lowest BCUT2D eigenvalue weighted by atomic mass is 9.88. The van der Waals surface area contributed by atoms with Crippen LogP contribution in [0.3, 0.4) is 0 Å². The summed E-state index contributed by atoms with van der Waals surface area (Å²) in [7, 11) is 0. The number of halogens is 3. The van der Waals surface area contributed by atoms with Crippen LogP contribution in [0.2, 0.25) is 0 Å². The Morgan fingerprint density at radius 1 is 0.835 bits per heavy atom.